The van der Waals surface area contributed by atoms with E-state index in [0.717, 1.165) is 23.4 Å². The predicted octanol–water partition coefficient (Wildman–Crippen LogP) is 4.50. The van der Waals surface area contributed by atoms with Crippen molar-refractivity contribution in [3.8, 4) is 5.75 Å². The van der Waals surface area contributed by atoms with Gasteiger partial charge < -0.3 is 14.5 Å². The summed E-state index contributed by atoms with van der Waals surface area (Å²) in [4.78, 5) is 7.88. The van der Waals surface area contributed by atoms with Gasteiger partial charge in [0.25, 0.3) is 0 Å². The van der Waals surface area contributed by atoms with Crippen LogP contribution >= 0.6 is 0 Å². The van der Waals surface area contributed by atoms with Crippen molar-refractivity contribution in [3.63, 3.8) is 0 Å². The number of hydrogen-bond acceptors (Lipinski definition) is 4. The number of rotatable bonds is 8. The maximum atomic E-state index is 5.60. The lowest BCUT2D eigenvalue weighted by Gasteiger charge is -2.17. The molecule has 0 bridgehead atoms. The van der Waals surface area contributed by atoms with Gasteiger partial charge in [-0.1, -0.05) is 42.4 Å². The second-order valence-electron chi connectivity index (χ2n) is 6.13. The summed E-state index contributed by atoms with van der Waals surface area (Å²) in [5.41, 5.74) is 3.39. The first-order chi connectivity index (χ1) is 12.4. The van der Waals surface area contributed by atoms with Crippen molar-refractivity contribution in [2.24, 2.45) is 5.16 Å². The van der Waals surface area contributed by atoms with Gasteiger partial charge in [-0.2, -0.15) is 0 Å². The van der Waals surface area contributed by atoms with Crippen LogP contribution in [0.4, 0.5) is 5.69 Å². The van der Waals surface area contributed by atoms with Gasteiger partial charge in [-0.05, 0) is 49.1 Å². The monoisotopic (exact) mass is 338 g/mol. The molecular formula is C21H26N2O2. The molecule has 25 heavy (non-hydrogen) atoms. The highest BCUT2D eigenvalue weighted by molar-refractivity contribution is 6.00. The molecule has 0 amide bonds. The quantitative estimate of drug-likeness (QED) is 0.404. The van der Waals surface area contributed by atoms with Gasteiger partial charge in [0.15, 0.2) is 6.61 Å². The van der Waals surface area contributed by atoms with E-state index < -0.39 is 0 Å². The minimum atomic E-state index is 0.435. The van der Waals surface area contributed by atoms with Crippen LogP contribution in [0.2, 0.25) is 0 Å². The lowest BCUT2D eigenvalue weighted by Crippen LogP contribution is -2.17. The molecule has 2 aromatic rings. The zero-order valence-electron chi connectivity index (χ0n) is 14.9. The minimum absolute atomic E-state index is 0.435. The van der Waals surface area contributed by atoms with Gasteiger partial charge in [-0.15, -0.1) is 0 Å². The van der Waals surface area contributed by atoms with E-state index in [9.17, 15) is 0 Å². The smallest absolute Gasteiger partial charge is 0.151 e. The molecule has 0 atom stereocenters. The third kappa shape index (κ3) is 4.99. The van der Waals surface area contributed by atoms with Crippen molar-refractivity contribution in [2.75, 3.05) is 31.2 Å². The zero-order chi connectivity index (χ0) is 17.3. The van der Waals surface area contributed by atoms with Crippen LogP contribution in [0.25, 0.3) is 0 Å². The molecule has 1 heterocycles. The number of para-hydroxylation sites is 1. The average molecular weight is 338 g/mol. The van der Waals surface area contributed by atoms with Crippen molar-refractivity contribution in [3.05, 3.63) is 60.2 Å². The van der Waals surface area contributed by atoms with E-state index in [2.05, 4.69) is 41.2 Å². The largest absolute Gasteiger partial charge is 0.490 e. The van der Waals surface area contributed by atoms with Gasteiger partial charge in [0.1, 0.15) is 12.4 Å². The second-order valence-corrected chi connectivity index (χ2v) is 6.13. The molecule has 0 spiro atoms. The molecule has 132 valence electrons. The molecule has 1 aliphatic heterocycles. The van der Waals surface area contributed by atoms with E-state index in [1.165, 1.54) is 31.6 Å². The summed E-state index contributed by atoms with van der Waals surface area (Å²) < 4.78 is 5.60. The highest BCUT2D eigenvalue weighted by Crippen LogP contribution is 2.21. The lowest BCUT2D eigenvalue weighted by atomic mass is 10.1. The highest BCUT2D eigenvalue weighted by atomic mass is 16.6. The number of oxime groups is 1. The first-order valence-electron chi connectivity index (χ1n) is 9.09. The maximum Gasteiger partial charge on any atom is 0.151 e. The van der Waals surface area contributed by atoms with E-state index in [-0.39, 0.29) is 0 Å². The van der Waals surface area contributed by atoms with Gasteiger partial charge >= 0.3 is 0 Å². The lowest BCUT2D eigenvalue weighted by molar-refractivity contribution is 0.107. The number of ether oxygens (including phenoxy) is 1. The number of hydrogen-bond donors (Lipinski definition) is 0. The molecule has 0 unspecified atom stereocenters. The minimum Gasteiger partial charge on any atom is -0.490 e. The summed E-state index contributed by atoms with van der Waals surface area (Å²) in [6.07, 6.45) is 3.42. The first-order valence-corrected chi connectivity index (χ1v) is 9.09. The van der Waals surface area contributed by atoms with E-state index in [0.29, 0.717) is 13.2 Å². The Morgan fingerprint density at radius 1 is 0.960 bits per heavy atom. The van der Waals surface area contributed by atoms with E-state index >= 15 is 0 Å². The Hall–Kier alpha value is -2.49. The van der Waals surface area contributed by atoms with Gasteiger partial charge in [0, 0.05) is 18.8 Å². The van der Waals surface area contributed by atoms with Crippen LogP contribution in [-0.4, -0.2) is 32.0 Å². The summed E-state index contributed by atoms with van der Waals surface area (Å²) in [6, 6.07) is 18.4. The van der Waals surface area contributed by atoms with Gasteiger partial charge in [-0.3, -0.25) is 0 Å². The van der Waals surface area contributed by atoms with Gasteiger partial charge in [0.05, 0.1) is 5.71 Å². The molecule has 3 rings (SSSR count). The molecule has 0 N–H and O–H groups in total. The van der Waals surface area contributed by atoms with Crippen LogP contribution in [-0.2, 0) is 4.84 Å². The van der Waals surface area contributed by atoms with Crippen LogP contribution in [0.1, 0.15) is 31.7 Å². The van der Waals surface area contributed by atoms with Crippen LogP contribution in [0.3, 0.4) is 0 Å². The Bertz CT molecular complexity index is 662. The first kappa shape index (κ1) is 17.3. The van der Waals surface area contributed by atoms with Crippen LogP contribution in [0, 0.1) is 0 Å². The Morgan fingerprint density at radius 3 is 2.36 bits per heavy atom. The van der Waals surface area contributed by atoms with Crippen molar-refractivity contribution < 1.29 is 9.57 Å². The number of nitrogens with zero attached hydrogens (tertiary/aromatic N) is 2. The molecule has 1 aliphatic rings. The summed E-state index contributed by atoms with van der Waals surface area (Å²) >= 11 is 0. The molecule has 0 aliphatic carbocycles. The third-order valence-corrected chi connectivity index (χ3v) is 4.37. The summed E-state index contributed by atoms with van der Waals surface area (Å²) in [7, 11) is 0. The molecule has 1 fully saturated rings. The molecule has 2 aromatic carbocycles. The summed E-state index contributed by atoms with van der Waals surface area (Å²) in [5, 5.41) is 4.29. The topological polar surface area (TPSA) is 34.1 Å². The zero-order valence-corrected chi connectivity index (χ0v) is 14.9. The Balaban J connectivity index is 1.49. The standard InChI is InChI=1S/C21H26N2O2/c1-2-21(22-25-17-16-24-20-8-4-3-5-9-20)18-10-12-19(13-11-18)23-14-6-7-15-23/h3-5,8-13H,2,6-7,14-17H2,1H3/b22-21+. The molecular weight excluding hydrogens is 312 g/mol. The van der Waals surface area contributed by atoms with Gasteiger partial charge in [0.2, 0.25) is 0 Å². The summed E-state index contributed by atoms with van der Waals surface area (Å²) in [6.45, 7) is 5.34. The fourth-order valence-electron chi connectivity index (χ4n) is 3.00. The summed E-state index contributed by atoms with van der Waals surface area (Å²) in [5.74, 6) is 0.850. The van der Waals surface area contributed by atoms with E-state index in [4.69, 9.17) is 9.57 Å². The van der Waals surface area contributed by atoms with Crippen molar-refractivity contribution in [2.45, 2.75) is 26.2 Å². The predicted molar refractivity (Wildman–Crippen MR) is 103 cm³/mol. The maximum absolute atomic E-state index is 5.60. The Labute approximate surface area is 150 Å². The van der Waals surface area contributed by atoms with Crippen molar-refractivity contribution >= 4 is 11.4 Å². The van der Waals surface area contributed by atoms with Crippen molar-refractivity contribution in [1.82, 2.24) is 0 Å². The third-order valence-electron chi connectivity index (χ3n) is 4.37. The van der Waals surface area contributed by atoms with Crippen molar-refractivity contribution in [1.29, 1.82) is 0 Å². The second kappa shape index (κ2) is 9.11. The Kier molecular flexibility index (Phi) is 6.32. The van der Waals surface area contributed by atoms with E-state index in [1.807, 2.05) is 30.3 Å². The van der Waals surface area contributed by atoms with Crippen LogP contribution in [0.15, 0.2) is 59.8 Å². The number of anilines is 1. The molecule has 0 radical (unpaired) electrons. The van der Waals surface area contributed by atoms with Gasteiger partial charge in [-0.25, -0.2) is 0 Å². The van der Waals surface area contributed by atoms with Crippen LogP contribution in [0.5, 0.6) is 5.75 Å². The van der Waals surface area contributed by atoms with Crippen LogP contribution < -0.4 is 9.64 Å². The molecule has 4 nitrogen and oxygen atoms in total. The highest BCUT2D eigenvalue weighted by Gasteiger charge is 2.12. The normalized spacial score (nSPS) is 14.6. The number of benzene rings is 2. The average Bonchev–Trinajstić information content (AvgIpc) is 3.21. The molecule has 1 saturated heterocycles. The van der Waals surface area contributed by atoms with E-state index in [1.54, 1.807) is 0 Å². The fourth-order valence-corrected chi connectivity index (χ4v) is 3.00. The molecule has 0 saturated carbocycles. The molecule has 4 heteroatoms. The fraction of sp³-hybridized carbons (Fsp3) is 0.381. The Morgan fingerprint density at radius 2 is 1.68 bits per heavy atom. The SMILES string of the molecule is CC/C(=N\OCCOc1ccccc1)c1ccc(N2CCCC2)cc1. The molecule has 0 aromatic heterocycles.